The highest BCUT2D eigenvalue weighted by atomic mass is 16.8. The first-order valence-electron chi connectivity index (χ1n) is 36.4. The number of ether oxygens (including phenoxy) is 6. The van der Waals surface area contributed by atoms with Crippen LogP contribution in [0.15, 0.2) is 12.2 Å². The largest absolute Gasteiger partial charge is 0.394 e. The van der Waals surface area contributed by atoms with Crippen LogP contribution in [0, 0.1) is 0 Å². The summed E-state index contributed by atoms with van der Waals surface area (Å²) in [6, 6.07) is -0.889. The van der Waals surface area contributed by atoms with Crippen LogP contribution in [0.1, 0.15) is 296 Å². The van der Waals surface area contributed by atoms with Gasteiger partial charge in [0.25, 0.3) is 0 Å². The van der Waals surface area contributed by atoms with Gasteiger partial charge in [-0.15, -0.1) is 0 Å². The lowest BCUT2D eigenvalue weighted by atomic mass is 9.96. The number of hydrogen-bond donors (Lipinski definition) is 12. The molecule has 0 saturated carbocycles. The first-order chi connectivity index (χ1) is 43.3. The van der Waals surface area contributed by atoms with Crippen LogP contribution >= 0.6 is 0 Å². The second-order valence-corrected chi connectivity index (χ2v) is 26.4. The minimum absolute atomic E-state index is 0.248. The van der Waals surface area contributed by atoms with E-state index in [2.05, 4.69) is 31.3 Å². The van der Waals surface area contributed by atoms with E-state index in [1.807, 2.05) is 0 Å². The van der Waals surface area contributed by atoms with E-state index in [0.29, 0.717) is 12.8 Å². The lowest BCUT2D eigenvalue weighted by Gasteiger charge is -2.48. The summed E-state index contributed by atoms with van der Waals surface area (Å²) in [6.45, 7) is 1.80. The molecule has 19 heteroatoms. The number of carbonyl (C=O) groups is 1. The van der Waals surface area contributed by atoms with Crippen molar-refractivity contribution in [3.8, 4) is 0 Å². The van der Waals surface area contributed by atoms with Gasteiger partial charge >= 0.3 is 0 Å². The zero-order valence-electron chi connectivity index (χ0n) is 55.7. The van der Waals surface area contributed by atoms with Crippen LogP contribution in [0.3, 0.4) is 0 Å². The van der Waals surface area contributed by atoms with Gasteiger partial charge < -0.3 is 89.9 Å². The monoisotopic (exact) mass is 1280 g/mol. The molecule has 1 amide bonds. The summed E-state index contributed by atoms with van der Waals surface area (Å²) >= 11 is 0. The molecule has 3 aliphatic rings. The molecule has 0 aromatic heterocycles. The van der Waals surface area contributed by atoms with Crippen LogP contribution in [0.5, 0.6) is 0 Å². The van der Waals surface area contributed by atoms with Gasteiger partial charge in [-0.3, -0.25) is 4.79 Å². The van der Waals surface area contributed by atoms with Crippen LogP contribution in [0.25, 0.3) is 0 Å². The fourth-order valence-corrected chi connectivity index (χ4v) is 12.7. The van der Waals surface area contributed by atoms with E-state index in [1.54, 1.807) is 0 Å². The Hall–Kier alpha value is -1.47. The van der Waals surface area contributed by atoms with Gasteiger partial charge in [-0.05, 0) is 38.5 Å². The molecule has 89 heavy (non-hydrogen) atoms. The average Bonchev–Trinajstić information content (AvgIpc) is 2.38. The van der Waals surface area contributed by atoms with E-state index in [4.69, 9.17) is 28.4 Å². The highest BCUT2D eigenvalue weighted by Crippen LogP contribution is 2.33. The van der Waals surface area contributed by atoms with E-state index in [1.165, 1.54) is 199 Å². The number of aliphatic hydroxyl groups excluding tert-OH is 11. The number of carbonyl (C=O) groups excluding carboxylic acids is 1. The highest BCUT2D eigenvalue weighted by molar-refractivity contribution is 5.76. The molecule has 0 radical (unpaired) electrons. The van der Waals surface area contributed by atoms with Crippen molar-refractivity contribution >= 4 is 5.91 Å². The van der Waals surface area contributed by atoms with Crippen LogP contribution in [0.2, 0.25) is 0 Å². The van der Waals surface area contributed by atoms with Gasteiger partial charge in [-0.25, -0.2) is 0 Å². The summed E-state index contributed by atoms with van der Waals surface area (Å²) in [5.74, 6) is -0.248. The Bertz CT molecular complexity index is 1670. The van der Waals surface area contributed by atoms with Crippen molar-refractivity contribution in [1.82, 2.24) is 5.32 Å². The predicted octanol–water partition coefficient (Wildman–Crippen LogP) is 10.1. The van der Waals surface area contributed by atoms with Crippen LogP contribution in [-0.4, -0.2) is 193 Å². The van der Waals surface area contributed by atoms with Gasteiger partial charge in [-0.2, -0.15) is 0 Å². The molecular formula is C70H133NO18. The molecular weight excluding hydrogens is 1140 g/mol. The maximum atomic E-state index is 13.4. The maximum Gasteiger partial charge on any atom is 0.220 e. The Morgan fingerprint density at radius 1 is 0.393 bits per heavy atom. The van der Waals surface area contributed by atoms with E-state index in [0.717, 1.165) is 64.2 Å². The fraction of sp³-hybridized carbons (Fsp3) is 0.957. The fourth-order valence-electron chi connectivity index (χ4n) is 12.7. The second-order valence-electron chi connectivity index (χ2n) is 26.4. The zero-order chi connectivity index (χ0) is 64.7. The van der Waals surface area contributed by atoms with E-state index < -0.39 is 124 Å². The van der Waals surface area contributed by atoms with E-state index in [-0.39, 0.29) is 18.9 Å². The van der Waals surface area contributed by atoms with Gasteiger partial charge in [0, 0.05) is 6.42 Å². The molecule has 0 bridgehead atoms. The number of allylic oxidation sites excluding steroid dienone is 2. The van der Waals surface area contributed by atoms with Crippen LogP contribution in [-0.2, 0) is 33.2 Å². The van der Waals surface area contributed by atoms with Gasteiger partial charge in [0.15, 0.2) is 18.9 Å². The SMILES string of the molecule is CCCCCC/C=C\CCCCCCCC(=O)NC(COC1OC(CO)C(OC2OC(CO)C(OC3OC(CO)C(O)C(O)C3O)C(O)C2O)C(O)C1O)C(O)CCCCCCCCCCCCCCCCCCCCCCCCCCCCCCCCC. The van der Waals surface area contributed by atoms with E-state index >= 15 is 0 Å². The molecule has 19 nitrogen and oxygen atoms in total. The molecule has 3 fully saturated rings. The lowest BCUT2D eigenvalue weighted by Crippen LogP contribution is -2.66. The normalized spacial score (nSPS) is 28.2. The number of hydrogen-bond acceptors (Lipinski definition) is 18. The van der Waals surface area contributed by atoms with Crippen molar-refractivity contribution in [2.75, 3.05) is 26.4 Å². The minimum atomic E-state index is -1.97. The van der Waals surface area contributed by atoms with Crippen molar-refractivity contribution in [3.05, 3.63) is 12.2 Å². The Morgan fingerprint density at radius 3 is 1.10 bits per heavy atom. The first-order valence-corrected chi connectivity index (χ1v) is 36.4. The van der Waals surface area contributed by atoms with Crippen molar-refractivity contribution < 1.29 is 89.4 Å². The molecule has 3 saturated heterocycles. The Kier molecular flexibility index (Phi) is 48.5. The summed E-state index contributed by atoms with van der Waals surface area (Å²) in [5, 5.41) is 121. The molecule has 0 aliphatic carbocycles. The standard InChI is InChI=1S/C70H133NO18/c1-3-5-7-9-11-13-15-17-18-19-20-21-22-23-24-25-26-27-28-29-30-31-32-33-34-36-37-39-41-43-45-47-54(75)53(71-58(76)48-46-44-42-40-38-35-16-14-12-10-8-6-4-2)52-84-68-64(82)61(79)66(56(50-73)86-68)89-70-65(83)62(80)67(57(51-74)87-70)88-69-63(81)60(78)59(77)55(49-72)85-69/h14,16,53-57,59-70,72-75,77-83H,3-13,15,17-52H2,1-2H3,(H,71,76)/b16-14-. The molecule has 0 aromatic carbocycles. The molecule has 3 aliphatic heterocycles. The number of amides is 1. The number of unbranched alkanes of at least 4 members (excludes halogenated alkanes) is 39. The van der Waals surface area contributed by atoms with Crippen molar-refractivity contribution in [1.29, 1.82) is 0 Å². The second kappa shape index (κ2) is 52.8. The molecule has 526 valence electrons. The maximum absolute atomic E-state index is 13.4. The van der Waals surface area contributed by atoms with Gasteiger partial charge in [0.1, 0.15) is 73.2 Å². The molecule has 17 unspecified atom stereocenters. The molecule has 12 N–H and O–H groups in total. The zero-order valence-corrected chi connectivity index (χ0v) is 55.7. The molecule has 0 spiro atoms. The molecule has 17 atom stereocenters. The summed E-state index contributed by atoms with van der Waals surface area (Å²) in [4.78, 5) is 13.4. The van der Waals surface area contributed by atoms with Crippen molar-refractivity contribution in [2.45, 2.75) is 401 Å². The summed E-state index contributed by atoms with van der Waals surface area (Å²) < 4.78 is 34.4. The lowest BCUT2D eigenvalue weighted by molar-refractivity contribution is -0.379. The Balaban J connectivity index is 1.36. The minimum Gasteiger partial charge on any atom is -0.394 e. The quantitative estimate of drug-likeness (QED) is 0.0199. The number of rotatable bonds is 57. The third kappa shape index (κ3) is 34.7. The predicted molar refractivity (Wildman–Crippen MR) is 347 cm³/mol. The highest BCUT2D eigenvalue weighted by Gasteiger charge is 2.53. The van der Waals surface area contributed by atoms with Gasteiger partial charge in [0.05, 0.1) is 38.6 Å². The molecule has 0 aromatic rings. The number of aliphatic hydroxyl groups is 11. The summed E-state index contributed by atoms with van der Waals surface area (Å²) in [7, 11) is 0. The van der Waals surface area contributed by atoms with Crippen LogP contribution in [0.4, 0.5) is 0 Å². The summed E-state index contributed by atoms with van der Waals surface area (Å²) in [5.41, 5.74) is 0. The smallest absolute Gasteiger partial charge is 0.220 e. The van der Waals surface area contributed by atoms with Gasteiger partial charge in [-0.1, -0.05) is 264 Å². The number of nitrogens with one attached hydrogen (secondary N) is 1. The van der Waals surface area contributed by atoms with E-state index in [9.17, 15) is 61.0 Å². The Morgan fingerprint density at radius 2 is 0.708 bits per heavy atom. The van der Waals surface area contributed by atoms with Gasteiger partial charge in [0.2, 0.25) is 5.91 Å². The summed E-state index contributed by atoms with van der Waals surface area (Å²) in [6.07, 6.45) is 31.8. The molecule has 3 heterocycles. The third-order valence-corrected chi connectivity index (χ3v) is 18.6. The first kappa shape index (κ1) is 81.8. The van der Waals surface area contributed by atoms with Crippen molar-refractivity contribution in [2.24, 2.45) is 0 Å². The Labute approximate surface area is 537 Å². The average molecular weight is 1280 g/mol. The van der Waals surface area contributed by atoms with Crippen molar-refractivity contribution in [3.63, 3.8) is 0 Å². The van der Waals surface area contributed by atoms with Crippen LogP contribution < -0.4 is 5.32 Å². The topological polar surface area (TPSA) is 307 Å². The molecule has 3 rings (SSSR count). The third-order valence-electron chi connectivity index (χ3n) is 18.6.